The van der Waals surface area contributed by atoms with E-state index in [0.29, 0.717) is 34.6 Å². The normalized spacial score (nSPS) is 17.2. The Balaban J connectivity index is 0.000000118. The zero-order valence-electron chi connectivity index (χ0n) is 59.5. The molecule has 21 nitrogen and oxygen atoms in total. The summed E-state index contributed by atoms with van der Waals surface area (Å²) in [5.74, 6) is 7.62. The van der Waals surface area contributed by atoms with Crippen LogP contribution in [0.4, 0.5) is 34.6 Å². The molecular formula is C82H89N11O10S. The summed E-state index contributed by atoms with van der Waals surface area (Å²) in [6, 6.07) is 48.7. The molecule has 2 N–H and O–H groups in total. The summed E-state index contributed by atoms with van der Waals surface area (Å²) in [5, 5.41) is 7.75. The molecule has 0 amide bonds. The Bertz CT molecular complexity index is 4920. The summed E-state index contributed by atoms with van der Waals surface area (Å²) in [5.41, 5.74) is 13.5. The van der Waals surface area contributed by atoms with Crippen molar-refractivity contribution in [3.05, 3.63) is 243 Å². The number of methoxy groups -OCH3 is 1. The highest BCUT2D eigenvalue weighted by Gasteiger charge is 2.43. The maximum absolute atomic E-state index is 14.2. The number of esters is 1. The molecule has 22 heteroatoms. The van der Waals surface area contributed by atoms with E-state index in [4.69, 9.17) is 47.7 Å². The van der Waals surface area contributed by atoms with Gasteiger partial charge in [-0.1, -0.05) is 118 Å². The first-order valence-corrected chi connectivity index (χ1v) is 37.6. The smallest absolute Gasteiger partial charge is 0.344 e. The van der Waals surface area contributed by atoms with E-state index < -0.39 is 16.1 Å². The highest BCUT2D eigenvalue weighted by atomic mass is 32.2. The van der Waals surface area contributed by atoms with Crippen LogP contribution in [-0.2, 0) is 56.5 Å². The van der Waals surface area contributed by atoms with Crippen LogP contribution in [0.25, 0.3) is 21.7 Å². The maximum Gasteiger partial charge on any atom is 0.344 e. The number of nitrogens with one attached hydrogen (secondary N) is 2. The minimum absolute atomic E-state index is 0.0157. The minimum atomic E-state index is -3.91. The molecule has 0 spiro atoms. The average molecular weight is 1420 g/mol. The molecular weight excluding hydrogens is 1330 g/mol. The SMILES string of the molecule is C=C1CCCC2=C1C(c1ccco1)N(S(=O)(=O)c1ccc(CC)cc1)c1ccccc1N2.CN1NCc2c(N3CCOCC3)nc(Cc3ccccc3)nc21.COc1cccc(Cc2nc3c(c(N4CCOCC4)n2)CCN3C)c1.O=C(Oc1ccc2c(c1)oc(=O)c1ccccc12)C1CCCCC1. The predicted molar refractivity (Wildman–Crippen MR) is 407 cm³/mol. The van der Waals surface area contributed by atoms with Crippen molar-refractivity contribution in [2.75, 3.05) is 110 Å². The number of hydrazine groups is 1. The van der Waals surface area contributed by atoms with Crippen molar-refractivity contribution >= 4 is 72.4 Å². The van der Waals surface area contributed by atoms with Crippen molar-refractivity contribution in [3.8, 4) is 11.5 Å². The first-order valence-electron chi connectivity index (χ1n) is 36.2. The number of ether oxygens (including phenoxy) is 4. The fraction of sp³-hybridized carbons (Fsp3) is 0.341. The lowest BCUT2D eigenvalue weighted by atomic mass is 9.86. The molecule has 104 heavy (non-hydrogen) atoms. The van der Waals surface area contributed by atoms with Crippen LogP contribution in [-0.4, -0.2) is 115 Å². The number of anilines is 6. The number of hydrogen-bond donors (Lipinski definition) is 2. The second-order valence-electron chi connectivity index (χ2n) is 27.0. The standard InChI is InChI=1S/C26H26N2O3S.C20H18O4.C19H24N4O2.C17H21N5O/c1-3-19-13-15-20(16-14-19)32(29,30)28-23-11-5-4-9-21(23)27-22-10-6-8-18(2)25(22)26(28)24-12-7-17-31-24;21-19(13-6-2-1-3-7-13)23-14-10-11-16-15-8-4-5-9-17(15)20(22)24-18(16)12-14;1-22-7-6-16-18(22)20-17(13-14-4-3-5-15(12-14)24-2)21-19(16)23-8-10-25-11-9-23;1-21-16-14(12-18-21)17(22-7-9-23-10-8-22)20-15(19-16)11-13-5-3-2-4-6-13/h4-5,7,9,11-17,26-27H,2-3,6,8,10H2,1H3;4-5,8-13H,1-3,6-7H2;3-5,12H,6-11,13H2,1-2H3;2-6,18H,7-12H2,1H3. The molecule has 10 aromatic rings. The largest absolute Gasteiger partial charge is 0.497 e. The lowest BCUT2D eigenvalue weighted by Crippen LogP contribution is -2.37. The van der Waals surface area contributed by atoms with Gasteiger partial charge in [-0.05, 0) is 139 Å². The van der Waals surface area contributed by atoms with Gasteiger partial charge in [0.25, 0.3) is 10.0 Å². The summed E-state index contributed by atoms with van der Waals surface area (Å²) in [6.07, 6.45) is 12.7. The van der Waals surface area contributed by atoms with Crippen molar-refractivity contribution in [1.82, 2.24) is 25.4 Å². The number of nitrogens with zero attached hydrogens (tertiary/aromatic N) is 9. The topological polar surface area (TPSA) is 223 Å². The molecule has 9 heterocycles. The highest BCUT2D eigenvalue weighted by molar-refractivity contribution is 7.92. The average Bonchev–Trinajstić information content (AvgIpc) is 1.49. The fourth-order valence-electron chi connectivity index (χ4n) is 14.7. The molecule has 1 unspecified atom stereocenters. The number of hydrogen-bond acceptors (Lipinski definition) is 20. The number of aromatic nitrogens is 4. The third-order valence-electron chi connectivity index (χ3n) is 20.2. The van der Waals surface area contributed by atoms with Crippen molar-refractivity contribution in [2.24, 2.45) is 5.92 Å². The third-order valence-corrected chi connectivity index (χ3v) is 22.0. The molecule has 17 rings (SSSR count). The quantitative estimate of drug-likeness (QED) is 0.0474. The predicted octanol–water partition coefficient (Wildman–Crippen LogP) is 13.9. The van der Waals surface area contributed by atoms with E-state index in [2.05, 4.69) is 82.4 Å². The van der Waals surface area contributed by atoms with Crippen molar-refractivity contribution in [2.45, 2.75) is 101 Å². The Labute approximate surface area is 607 Å². The van der Waals surface area contributed by atoms with Gasteiger partial charge in [0.1, 0.15) is 58.0 Å². The molecule has 0 bridgehead atoms. The van der Waals surface area contributed by atoms with Crippen molar-refractivity contribution in [1.29, 1.82) is 0 Å². The summed E-state index contributed by atoms with van der Waals surface area (Å²) in [4.78, 5) is 51.0. The Morgan fingerprint density at radius 3 is 2.00 bits per heavy atom. The van der Waals surface area contributed by atoms with E-state index in [9.17, 15) is 18.0 Å². The zero-order chi connectivity index (χ0) is 71.7. The summed E-state index contributed by atoms with van der Waals surface area (Å²) >= 11 is 0. The van der Waals surface area contributed by atoms with E-state index in [-0.39, 0.29) is 22.4 Å². The number of furan rings is 1. The summed E-state index contributed by atoms with van der Waals surface area (Å²) < 4.78 is 62.9. The number of likely N-dealkylation sites (N-methyl/N-ethyl adjacent to an activating group) is 1. The van der Waals surface area contributed by atoms with Gasteiger partial charge in [-0.3, -0.25) is 9.80 Å². The number of carbonyl (C=O) groups excluding carboxylic acids is 1. The van der Waals surface area contributed by atoms with Gasteiger partial charge < -0.3 is 47.8 Å². The molecule has 6 aromatic carbocycles. The first kappa shape index (κ1) is 70.6. The Morgan fingerprint density at radius 1 is 0.625 bits per heavy atom. The first-order chi connectivity index (χ1) is 50.8. The van der Waals surface area contributed by atoms with Crippen LogP contribution >= 0.6 is 0 Å². The van der Waals surface area contributed by atoms with E-state index in [1.807, 2.05) is 97.0 Å². The molecule has 4 aromatic heterocycles. The molecule has 2 aliphatic carbocycles. The van der Waals surface area contributed by atoms with Gasteiger partial charge in [-0.15, -0.1) is 0 Å². The summed E-state index contributed by atoms with van der Waals surface area (Å²) in [6.45, 7) is 14.8. The number of aryl methyl sites for hydroxylation is 1. The number of rotatable bonds is 13. The van der Waals surface area contributed by atoms with Gasteiger partial charge in [0.2, 0.25) is 0 Å². The molecule has 5 aliphatic heterocycles. The Kier molecular flexibility index (Phi) is 21.8. The Morgan fingerprint density at radius 2 is 1.29 bits per heavy atom. The number of benzene rings is 6. The van der Waals surface area contributed by atoms with Crippen molar-refractivity contribution in [3.63, 3.8) is 0 Å². The second kappa shape index (κ2) is 32.1. The molecule has 1 saturated carbocycles. The minimum Gasteiger partial charge on any atom is -0.497 e. The molecule has 0 radical (unpaired) electrons. The number of carbonyl (C=O) groups is 1. The van der Waals surface area contributed by atoms with Crippen LogP contribution in [0.15, 0.2) is 206 Å². The lowest BCUT2D eigenvalue weighted by molar-refractivity contribution is -0.139. The van der Waals surface area contributed by atoms with Crippen molar-refractivity contribution < 1.29 is 41.0 Å². The number of morpholine rings is 2. The van der Waals surface area contributed by atoms with Gasteiger partial charge in [0, 0.05) is 94.5 Å². The molecule has 2 saturated heterocycles. The number of para-hydroxylation sites is 2. The number of allylic oxidation sites excluding steroid dienone is 1. The molecule has 538 valence electrons. The summed E-state index contributed by atoms with van der Waals surface area (Å²) in [7, 11) is 1.89. The highest BCUT2D eigenvalue weighted by Crippen LogP contribution is 2.50. The van der Waals surface area contributed by atoms with Gasteiger partial charge in [-0.2, -0.15) is 0 Å². The van der Waals surface area contributed by atoms with Gasteiger partial charge in [-0.25, -0.2) is 42.9 Å². The zero-order valence-corrected chi connectivity index (χ0v) is 60.3. The van der Waals surface area contributed by atoms with E-state index >= 15 is 0 Å². The maximum atomic E-state index is 14.2. The molecule has 7 aliphatic rings. The lowest BCUT2D eigenvalue weighted by Gasteiger charge is -2.34. The number of fused-ring (bicyclic) bond motifs is 6. The fourth-order valence-corrected chi connectivity index (χ4v) is 16.3. The van der Waals surface area contributed by atoms with Gasteiger partial charge in [0.05, 0.1) is 72.9 Å². The second-order valence-corrected chi connectivity index (χ2v) is 28.9. The van der Waals surface area contributed by atoms with Crippen LogP contribution in [0, 0.1) is 5.92 Å². The van der Waals surface area contributed by atoms with Crippen LogP contribution in [0.5, 0.6) is 11.5 Å². The van der Waals surface area contributed by atoms with Crippen LogP contribution < -0.4 is 49.9 Å². The van der Waals surface area contributed by atoms with Gasteiger partial charge >= 0.3 is 11.6 Å². The Hall–Kier alpha value is -10.4. The van der Waals surface area contributed by atoms with Crippen LogP contribution in [0.3, 0.4) is 0 Å². The van der Waals surface area contributed by atoms with Gasteiger partial charge in [0.15, 0.2) is 5.82 Å². The number of sulfonamides is 1. The van der Waals surface area contributed by atoms with E-state index in [1.165, 1.54) is 27.4 Å². The van der Waals surface area contributed by atoms with E-state index in [0.717, 1.165) is 215 Å². The third kappa shape index (κ3) is 15.6. The van der Waals surface area contributed by atoms with Crippen LogP contribution in [0.2, 0.25) is 0 Å². The van der Waals surface area contributed by atoms with E-state index in [1.54, 1.807) is 49.8 Å². The van der Waals surface area contributed by atoms with Crippen LogP contribution in [0.1, 0.15) is 110 Å². The molecule has 3 fully saturated rings. The monoisotopic (exact) mass is 1420 g/mol. The molecule has 1 atom stereocenters.